The highest BCUT2D eigenvalue weighted by Gasteiger charge is 2.33. The molecule has 0 spiro atoms. The van der Waals surface area contributed by atoms with E-state index in [4.69, 9.17) is 0 Å². The molecule has 1 saturated heterocycles. The standard InChI is InChI=1S/C14H22N4O2/c1-4-6-11-13(19)15-7-8-17(11)14(20)12-9-10(3)16-18(12)5-2/h9,11H,4-8H2,1-3H3,(H,15,19)/t11-/m0/s1. The van der Waals surface area contributed by atoms with Gasteiger partial charge in [0.1, 0.15) is 11.7 Å². The molecule has 6 nitrogen and oxygen atoms in total. The van der Waals surface area contributed by atoms with Crippen LogP contribution in [0.15, 0.2) is 6.07 Å². The zero-order valence-corrected chi connectivity index (χ0v) is 12.3. The van der Waals surface area contributed by atoms with Crippen molar-refractivity contribution >= 4 is 11.8 Å². The molecule has 0 aromatic carbocycles. The van der Waals surface area contributed by atoms with Gasteiger partial charge in [0.05, 0.1) is 5.69 Å². The molecule has 1 fully saturated rings. The maximum atomic E-state index is 12.7. The van der Waals surface area contributed by atoms with Gasteiger partial charge in [0.2, 0.25) is 5.91 Å². The van der Waals surface area contributed by atoms with Gasteiger partial charge in [-0.25, -0.2) is 0 Å². The average molecular weight is 278 g/mol. The first-order valence-electron chi connectivity index (χ1n) is 7.21. The Hall–Kier alpha value is -1.85. The van der Waals surface area contributed by atoms with E-state index in [1.807, 2.05) is 20.8 Å². The Bertz CT molecular complexity index is 509. The van der Waals surface area contributed by atoms with Crippen LogP contribution >= 0.6 is 0 Å². The van der Waals surface area contributed by atoms with Crippen LogP contribution in [0.25, 0.3) is 0 Å². The van der Waals surface area contributed by atoms with E-state index in [0.29, 0.717) is 31.7 Å². The minimum atomic E-state index is -0.359. The molecule has 2 amide bonds. The zero-order valence-electron chi connectivity index (χ0n) is 12.3. The molecule has 2 rings (SSSR count). The fourth-order valence-electron chi connectivity index (χ4n) is 2.62. The molecular formula is C14H22N4O2. The number of aromatic nitrogens is 2. The average Bonchev–Trinajstić information content (AvgIpc) is 2.81. The Labute approximate surface area is 119 Å². The summed E-state index contributed by atoms with van der Waals surface area (Å²) in [6, 6.07) is 1.43. The summed E-state index contributed by atoms with van der Waals surface area (Å²) in [7, 11) is 0. The minimum absolute atomic E-state index is 0.0502. The van der Waals surface area contributed by atoms with Crippen LogP contribution in [0.4, 0.5) is 0 Å². The van der Waals surface area contributed by atoms with E-state index in [1.165, 1.54) is 0 Å². The first-order chi connectivity index (χ1) is 9.58. The van der Waals surface area contributed by atoms with E-state index in [1.54, 1.807) is 15.6 Å². The van der Waals surface area contributed by atoms with E-state index in [9.17, 15) is 9.59 Å². The van der Waals surface area contributed by atoms with Gasteiger partial charge >= 0.3 is 0 Å². The van der Waals surface area contributed by atoms with Crippen LogP contribution in [0, 0.1) is 6.92 Å². The third kappa shape index (κ3) is 2.69. The van der Waals surface area contributed by atoms with Gasteiger partial charge < -0.3 is 10.2 Å². The molecule has 1 N–H and O–H groups in total. The minimum Gasteiger partial charge on any atom is -0.353 e. The maximum absolute atomic E-state index is 12.7. The molecule has 1 aromatic heterocycles. The third-order valence-corrected chi connectivity index (χ3v) is 3.57. The molecule has 6 heteroatoms. The number of hydrogen-bond acceptors (Lipinski definition) is 3. The number of aryl methyl sites for hydroxylation is 2. The van der Waals surface area contributed by atoms with Crippen molar-refractivity contribution < 1.29 is 9.59 Å². The summed E-state index contributed by atoms with van der Waals surface area (Å²) < 4.78 is 1.70. The van der Waals surface area contributed by atoms with Crippen LogP contribution in [-0.2, 0) is 11.3 Å². The largest absolute Gasteiger partial charge is 0.353 e. The van der Waals surface area contributed by atoms with Gasteiger partial charge in [-0.3, -0.25) is 14.3 Å². The lowest BCUT2D eigenvalue weighted by molar-refractivity contribution is -0.128. The summed E-state index contributed by atoms with van der Waals surface area (Å²) in [6.45, 7) is 7.57. The number of nitrogens with one attached hydrogen (secondary N) is 1. The topological polar surface area (TPSA) is 67.2 Å². The predicted molar refractivity (Wildman–Crippen MR) is 75.4 cm³/mol. The number of nitrogens with zero attached hydrogens (tertiary/aromatic N) is 3. The SMILES string of the molecule is CCC[C@H]1C(=O)NCCN1C(=O)c1cc(C)nn1CC. The lowest BCUT2D eigenvalue weighted by atomic mass is 10.1. The number of carbonyl (C=O) groups excluding carboxylic acids is 2. The summed E-state index contributed by atoms with van der Waals surface area (Å²) in [5, 5.41) is 7.14. The second kappa shape index (κ2) is 6.07. The second-order valence-electron chi connectivity index (χ2n) is 5.08. The van der Waals surface area contributed by atoms with Crippen LogP contribution in [0.2, 0.25) is 0 Å². The highest BCUT2D eigenvalue weighted by atomic mass is 16.2. The van der Waals surface area contributed by atoms with Gasteiger partial charge in [-0.1, -0.05) is 13.3 Å². The quantitative estimate of drug-likeness (QED) is 0.891. The van der Waals surface area contributed by atoms with E-state index < -0.39 is 0 Å². The summed E-state index contributed by atoms with van der Waals surface area (Å²) in [6.07, 6.45) is 1.56. The normalized spacial score (nSPS) is 19.1. The van der Waals surface area contributed by atoms with Crippen molar-refractivity contribution in [3.8, 4) is 0 Å². The van der Waals surface area contributed by atoms with Crippen molar-refractivity contribution in [2.24, 2.45) is 0 Å². The van der Waals surface area contributed by atoms with Crippen LogP contribution < -0.4 is 5.32 Å². The van der Waals surface area contributed by atoms with Crippen molar-refractivity contribution in [2.75, 3.05) is 13.1 Å². The third-order valence-electron chi connectivity index (χ3n) is 3.57. The second-order valence-corrected chi connectivity index (χ2v) is 5.08. The first-order valence-corrected chi connectivity index (χ1v) is 7.21. The molecule has 0 aliphatic carbocycles. The molecule has 0 unspecified atom stereocenters. The summed E-state index contributed by atoms with van der Waals surface area (Å²) in [5.74, 6) is -0.147. The van der Waals surface area contributed by atoms with Crippen molar-refractivity contribution in [3.05, 3.63) is 17.5 Å². The molecule has 1 aliphatic rings. The van der Waals surface area contributed by atoms with Gasteiger partial charge in [-0.05, 0) is 26.3 Å². The lowest BCUT2D eigenvalue weighted by Crippen LogP contribution is -2.57. The van der Waals surface area contributed by atoms with Crippen molar-refractivity contribution in [1.29, 1.82) is 0 Å². The molecule has 0 saturated carbocycles. The van der Waals surface area contributed by atoms with Crippen LogP contribution in [-0.4, -0.2) is 45.6 Å². The van der Waals surface area contributed by atoms with E-state index in [2.05, 4.69) is 10.4 Å². The Morgan fingerprint density at radius 3 is 2.90 bits per heavy atom. The van der Waals surface area contributed by atoms with Crippen LogP contribution in [0.1, 0.15) is 42.9 Å². The van der Waals surface area contributed by atoms with Crippen LogP contribution in [0.3, 0.4) is 0 Å². The van der Waals surface area contributed by atoms with Crippen molar-refractivity contribution in [3.63, 3.8) is 0 Å². The van der Waals surface area contributed by atoms with Crippen molar-refractivity contribution in [2.45, 2.75) is 46.2 Å². The number of rotatable bonds is 4. The predicted octanol–water partition coefficient (Wildman–Crippen LogP) is 0.952. The zero-order chi connectivity index (χ0) is 14.7. The molecule has 2 heterocycles. The maximum Gasteiger partial charge on any atom is 0.272 e. The molecule has 0 bridgehead atoms. The Balaban J connectivity index is 2.27. The monoisotopic (exact) mass is 278 g/mol. The number of amides is 2. The highest BCUT2D eigenvalue weighted by Crippen LogP contribution is 2.16. The van der Waals surface area contributed by atoms with Gasteiger partial charge in [0.25, 0.3) is 5.91 Å². The highest BCUT2D eigenvalue weighted by molar-refractivity contribution is 5.97. The molecule has 1 atom stereocenters. The first kappa shape index (κ1) is 14.6. The van der Waals surface area contributed by atoms with Gasteiger partial charge in [0, 0.05) is 19.6 Å². The molecule has 20 heavy (non-hydrogen) atoms. The Morgan fingerprint density at radius 2 is 2.25 bits per heavy atom. The molecule has 1 aromatic rings. The number of hydrogen-bond donors (Lipinski definition) is 1. The van der Waals surface area contributed by atoms with Gasteiger partial charge in [-0.15, -0.1) is 0 Å². The molecule has 0 radical (unpaired) electrons. The molecule has 1 aliphatic heterocycles. The summed E-state index contributed by atoms with van der Waals surface area (Å²) >= 11 is 0. The van der Waals surface area contributed by atoms with Gasteiger partial charge in [0.15, 0.2) is 0 Å². The molecular weight excluding hydrogens is 256 g/mol. The van der Waals surface area contributed by atoms with E-state index in [-0.39, 0.29) is 17.9 Å². The lowest BCUT2D eigenvalue weighted by Gasteiger charge is -2.35. The van der Waals surface area contributed by atoms with E-state index >= 15 is 0 Å². The Kier molecular flexibility index (Phi) is 4.42. The Morgan fingerprint density at radius 1 is 1.50 bits per heavy atom. The fourth-order valence-corrected chi connectivity index (χ4v) is 2.62. The summed E-state index contributed by atoms with van der Waals surface area (Å²) in [5.41, 5.74) is 1.39. The van der Waals surface area contributed by atoms with Crippen molar-refractivity contribution in [1.82, 2.24) is 20.0 Å². The number of carbonyl (C=O) groups is 2. The summed E-state index contributed by atoms with van der Waals surface area (Å²) in [4.78, 5) is 26.4. The number of piperazine rings is 1. The van der Waals surface area contributed by atoms with Crippen LogP contribution in [0.5, 0.6) is 0 Å². The fraction of sp³-hybridized carbons (Fsp3) is 0.643. The molecule has 110 valence electrons. The van der Waals surface area contributed by atoms with E-state index in [0.717, 1.165) is 12.1 Å². The van der Waals surface area contributed by atoms with Gasteiger partial charge in [-0.2, -0.15) is 5.10 Å². The smallest absolute Gasteiger partial charge is 0.272 e.